The van der Waals surface area contributed by atoms with Crippen molar-refractivity contribution in [3.8, 4) is 12.0 Å². The minimum Gasteiger partial charge on any atom is -0.467 e. The largest absolute Gasteiger partial charge is 0.467 e. The summed E-state index contributed by atoms with van der Waals surface area (Å²) in [6, 6.07) is 0.278. The highest BCUT2D eigenvalue weighted by Crippen LogP contribution is 2.47. The summed E-state index contributed by atoms with van der Waals surface area (Å²) >= 11 is 0. The van der Waals surface area contributed by atoms with Crippen LogP contribution in [0.1, 0.15) is 39.6 Å². The van der Waals surface area contributed by atoms with Gasteiger partial charge in [0.2, 0.25) is 0 Å². The van der Waals surface area contributed by atoms with Gasteiger partial charge in [-0.05, 0) is 27.7 Å². The average Bonchev–Trinajstić information content (AvgIpc) is 3.23. The lowest BCUT2D eigenvalue weighted by atomic mass is 10.0. The van der Waals surface area contributed by atoms with E-state index in [1.54, 1.807) is 0 Å². The van der Waals surface area contributed by atoms with Gasteiger partial charge in [-0.15, -0.1) is 4.98 Å². The first-order chi connectivity index (χ1) is 12.7. The van der Waals surface area contributed by atoms with Crippen molar-refractivity contribution >= 4 is 0 Å². The third kappa shape index (κ3) is 3.47. The summed E-state index contributed by atoms with van der Waals surface area (Å²) in [6.07, 6.45) is -2.02. The quantitative estimate of drug-likeness (QED) is 0.748. The van der Waals surface area contributed by atoms with E-state index in [1.165, 1.54) is 14.2 Å². The fourth-order valence-electron chi connectivity index (χ4n) is 3.68. The number of ether oxygens (including phenoxy) is 7. The van der Waals surface area contributed by atoms with Crippen molar-refractivity contribution in [1.29, 1.82) is 0 Å². The Morgan fingerprint density at radius 1 is 0.815 bits per heavy atom. The first-order valence-electron chi connectivity index (χ1n) is 8.88. The van der Waals surface area contributed by atoms with Gasteiger partial charge in [-0.3, -0.25) is 0 Å². The van der Waals surface area contributed by atoms with E-state index in [2.05, 4.69) is 15.0 Å². The molecule has 0 bridgehead atoms. The molecule has 4 rings (SSSR count). The number of aromatic nitrogens is 3. The van der Waals surface area contributed by atoms with E-state index in [-0.39, 0.29) is 24.2 Å². The van der Waals surface area contributed by atoms with Crippen molar-refractivity contribution in [2.45, 2.75) is 69.8 Å². The molecule has 10 nitrogen and oxygen atoms in total. The lowest BCUT2D eigenvalue weighted by molar-refractivity contribution is -0.208. The number of nitrogens with zero attached hydrogens (tertiary/aromatic N) is 3. The standard InChI is InChI=1S/C17H25N3O7/c1-16(2)23-7-8(25-16)9-10-11(27-17(3,4)26-10)12(24-9)13-18-14(21-5)20-15(19-13)22-6/h8-12H,7H2,1-6H3/t8-,9+,10-,11-,12-/m1/s1. The molecule has 1 aromatic heterocycles. The third-order valence-corrected chi connectivity index (χ3v) is 4.72. The van der Waals surface area contributed by atoms with Crippen molar-refractivity contribution in [1.82, 2.24) is 15.0 Å². The monoisotopic (exact) mass is 383 g/mol. The van der Waals surface area contributed by atoms with Crippen molar-refractivity contribution < 1.29 is 33.2 Å². The first-order valence-corrected chi connectivity index (χ1v) is 8.88. The molecule has 4 heterocycles. The van der Waals surface area contributed by atoms with Crippen LogP contribution in [0.3, 0.4) is 0 Å². The van der Waals surface area contributed by atoms with Crippen LogP contribution in [0.4, 0.5) is 0 Å². The second-order valence-corrected chi connectivity index (χ2v) is 7.62. The molecule has 0 spiro atoms. The Morgan fingerprint density at radius 2 is 1.44 bits per heavy atom. The molecule has 5 atom stereocenters. The molecule has 1 aromatic rings. The maximum Gasteiger partial charge on any atom is 0.322 e. The van der Waals surface area contributed by atoms with E-state index >= 15 is 0 Å². The molecule has 3 saturated heterocycles. The van der Waals surface area contributed by atoms with Gasteiger partial charge >= 0.3 is 12.0 Å². The second-order valence-electron chi connectivity index (χ2n) is 7.62. The van der Waals surface area contributed by atoms with E-state index in [1.807, 2.05) is 27.7 Å². The van der Waals surface area contributed by atoms with E-state index in [9.17, 15) is 0 Å². The lowest BCUT2D eigenvalue weighted by Crippen LogP contribution is -2.40. The molecular weight excluding hydrogens is 358 g/mol. The van der Waals surface area contributed by atoms with Gasteiger partial charge in [0.05, 0.1) is 20.8 Å². The normalized spacial score (nSPS) is 36.6. The molecule has 3 aliphatic heterocycles. The molecule has 3 fully saturated rings. The molecule has 27 heavy (non-hydrogen) atoms. The van der Waals surface area contributed by atoms with Crippen LogP contribution in [0.5, 0.6) is 12.0 Å². The molecule has 0 amide bonds. The van der Waals surface area contributed by atoms with Gasteiger partial charge in [-0.2, -0.15) is 9.97 Å². The van der Waals surface area contributed by atoms with Gasteiger partial charge in [0, 0.05) is 0 Å². The first kappa shape index (κ1) is 18.8. The summed E-state index contributed by atoms with van der Waals surface area (Å²) in [7, 11) is 2.95. The topological polar surface area (TPSA) is 103 Å². The molecule has 0 radical (unpaired) electrons. The predicted molar refractivity (Wildman–Crippen MR) is 89.3 cm³/mol. The van der Waals surface area contributed by atoms with Crippen LogP contribution in [0.2, 0.25) is 0 Å². The maximum atomic E-state index is 6.27. The fourth-order valence-corrected chi connectivity index (χ4v) is 3.68. The Labute approximate surface area is 157 Å². The van der Waals surface area contributed by atoms with Crippen molar-refractivity contribution in [3.05, 3.63) is 5.82 Å². The zero-order valence-electron chi connectivity index (χ0n) is 16.3. The number of methoxy groups -OCH3 is 2. The van der Waals surface area contributed by atoms with Crippen molar-refractivity contribution in [3.63, 3.8) is 0 Å². The minimum absolute atomic E-state index is 0.139. The summed E-state index contributed by atoms with van der Waals surface area (Å²) in [6.45, 7) is 7.87. The van der Waals surface area contributed by atoms with Crippen LogP contribution >= 0.6 is 0 Å². The van der Waals surface area contributed by atoms with Crippen LogP contribution in [-0.2, 0) is 23.7 Å². The Morgan fingerprint density at radius 3 is 2.00 bits per heavy atom. The zero-order chi connectivity index (χ0) is 19.4. The molecule has 3 aliphatic rings. The Bertz CT molecular complexity index is 692. The molecule has 10 heteroatoms. The van der Waals surface area contributed by atoms with Crippen LogP contribution < -0.4 is 9.47 Å². The molecule has 0 saturated carbocycles. The van der Waals surface area contributed by atoms with Gasteiger partial charge in [-0.25, -0.2) is 0 Å². The van der Waals surface area contributed by atoms with Gasteiger partial charge < -0.3 is 33.2 Å². The average molecular weight is 383 g/mol. The Balaban J connectivity index is 1.66. The number of fused-ring (bicyclic) bond motifs is 1. The number of hydrogen-bond donors (Lipinski definition) is 0. The minimum atomic E-state index is -0.758. The van der Waals surface area contributed by atoms with E-state index in [0.717, 1.165) is 0 Å². The van der Waals surface area contributed by atoms with Gasteiger partial charge in [0.1, 0.15) is 30.5 Å². The highest BCUT2D eigenvalue weighted by atomic mass is 16.8. The number of hydrogen-bond acceptors (Lipinski definition) is 10. The molecule has 0 unspecified atom stereocenters. The van der Waals surface area contributed by atoms with Crippen LogP contribution in [0.15, 0.2) is 0 Å². The van der Waals surface area contributed by atoms with Crippen molar-refractivity contribution in [2.24, 2.45) is 0 Å². The van der Waals surface area contributed by atoms with Crippen LogP contribution in [0.25, 0.3) is 0 Å². The van der Waals surface area contributed by atoms with E-state index < -0.39 is 29.9 Å². The predicted octanol–water partition coefficient (Wildman–Crippen LogP) is 1.00. The fraction of sp³-hybridized carbons (Fsp3) is 0.824. The SMILES string of the molecule is COc1nc(OC)nc([C@@H]2O[C@@H]([C@H]3COC(C)(C)O3)[C@H]3OC(C)(C)O[C@H]32)n1. The summed E-state index contributed by atoms with van der Waals surface area (Å²) in [4.78, 5) is 12.7. The summed E-state index contributed by atoms with van der Waals surface area (Å²) < 4.78 is 40.5. The van der Waals surface area contributed by atoms with Gasteiger partial charge in [-0.1, -0.05) is 0 Å². The summed E-state index contributed by atoms with van der Waals surface area (Å²) in [5.41, 5.74) is 0. The molecule has 0 aliphatic carbocycles. The zero-order valence-corrected chi connectivity index (χ0v) is 16.3. The molecular formula is C17H25N3O7. The highest BCUT2D eigenvalue weighted by Gasteiger charge is 2.60. The van der Waals surface area contributed by atoms with Gasteiger partial charge in [0.15, 0.2) is 17.4 Å². The Hall–Kier alpha value is -1.59. The maximum absolute atomic E-state index is 6.27. The van der Waals surface area contributed by atoms with E-state index in [4.69, 9.17) is 33.2 Å². The lowest BCUT2D eigenvalue weighted by Gasteiger charge is -2.26. The van der Waals surface area contributed by atoms with Crippen LogP contribution in [0, 0.1) is 0 Å². The summed E-state index contributed by atoms with van der Waals surface area (Å²) in [5.74, 6) is -1.07. The molecule has 0 aromatic carbocycles. The molecule has 150 valence electrons. The summed E-state index contributed by atoms with van der Waals surface area (Å²) in [5, 5.41) is 0. The number of rotatable bonds is 4. The van der Waals surface area contributed by atoms with Crippen molar-refractivity contribution in [2.75, 3.05) is 20.8 Å². The van der Waals surface area contributed by atoms with Crippen LogP contribution in [-0.4, -0.2) is 71.8 Å². The smallest absolute Gasteiger partial charge is 0.322 e. The third-order valence-electron chi connectivity index (χ3n) is 4.72. The van der Waals surface area contributed by atoms with Gasteiger partial charge in [0.25, 0.3) is 0 Å². The molecule has 0 N–H and O–H groups in total. The Kier molecular flexibility index (Phi) is 4.51. The second kappa shape index (κ2) is 6.49. The highest BCUT2D eigenvalue weighted by molar-refractivity contribution is 5.13. The van der Waals surface area contributed by atoms with E-state index in [0.29, 0.717) is 12.4 Å².